The Morgan fingerprint density at radius 2 is 2.00 bits per heavy atom. The Morgan fingerprint density at radius 1 is 1.20 bits per heavy atom. The average molecular weight is 336 g/mol. The van der Waals surface area contributed by atoms with E-state index in [9.17, 15) is 0 Å². The molecule has 0 amide bonds. The minimum absolute atomic E-state index is 0.539. The van der Waals surface area contributed by atoms with Gasteiger partial charge in [0.1, 0.15) is 11.6 Å². The molecule has 1 aliphatic carbocycles. The first-order valence-corrected chi connectivity index (χ1v) is 7.82. The fourth-order valence-electron chi connectivity index (χ4n) is 2.70. The molecule has 0 spiro atoms. The zero-order valence-electron chi connectivity index (χ0n) is 11.5. The standard InChI is InChI=1S/C15H18BrN3O/c1-20-14-8-12-13(7-11(14)16)19-15(9-17-12)18-10-5-3-2-4-6-10/h7-10H,2-6H2,1H3,(H,18,19). The van der Waals surface area contributed by atoms with Crippen molar-refractivity contribution in [1.82, 2.24) is 9.97 Å². The second kappa shape index (κ2) is 5.95. The fraction of sp³-hybridized carbons (Fsp3) is 0.467. The molecular formula is C15H18BrN3O. The lowest BCUT2D eigenvalue weighted by Crippen LogP contribution is -2.22. The van der Waals surface area contributed by atoms with Crippen molar-refractivity contribution in [3.8, 4) is 5.75 Å². The van der Waals surface area contributed by atoms with Crippen molar-refractivity contribution < 1.29 is 4.74 Å². The summed E-state index contributed by atoms with van der Waals surface area (Å²) in [5.74, 6) is 1.64. The third-order valence-electron chi connectivity index (χ3n) is 3.77. The maximum atomic E-state index is 5.27. The first-order valence-electron chi connectivity index (χ1n) is 7.03. The molecule has 0 unspecified atom stereocenters. The number of anilines is 1. The van der Waals surface area contributed by atoms with Crippen LogP contribution in [0.3, 0.4) is 0 Å². The lowest BCUT2D eigenvalue weighted by Gasteiger charge is -2.23. The van der Waals surface area contributed by atoms with Crippen LogP contribution in [0.5, 0.6) is 5.75 Å². The molecule has 0 saturated heterocycles. The lowest BCUT2D eigenvalue weighted by molar-refractivity contribution is 0.412. The molecule has 106 valence electrons. The Labute approximate surface area is 127 Å². The van der Waals surface area contributed by atoms with Gasteiger partial charge in [-0.1, -0.05) is 19.3 Å². The zero-order chi connectivity index (χ0) is 13.9. The summed E-state index contributed by atoms with van der Waals surface area (Å²) in [6.45, 7) is 0. The van der Waals surface area contributed by atoms with Crippen LogP contribution in [0.1, 0.15) is 32.1 Å². The van der Waals surface area contributed by atoms with Gasteiger partial charge in [-0.3, -0.25) is 4.98 Å². The minimum atomic E-state index is 0.539. The highest BCUT2D eigenvalue weighted by Gasteiger charge is 2.14. The van der Waals surface area contributed by atoms with E-state index in [-0.39, 0.29) is 0 Å². The Balaban J connectivity index is 1.86. The predicted octanol–water partition coefficient (Wildman–Crippen LogP) is 4.15. The van der Waals surface area contributed by atoms with Gasteiger partial charge in [-0.15, -0.1) is 0 Å². The van der Waals surface area contributed by atoms with Crippen molar-refractivity contribution in [2.75, 3.05) is 12.4 Å². The number of nitrogens with zero attached hydrogens (tertiary/aromatic N) is 2. The molecule has 1 aromatic heterocycles. The van der Waals surface area contributed by atoms with Crippen LogP contribution in [0.4, 0.5) is 5.82 Å². The van der Waals surface area contributed by atoms with Gasteiger partial charge in [0.15, 0.2) is 0 Å². The van der Waals surface area contributed by atoms with Crippen molar-refractivity contribution in [2.24, 2.45) is 0 Å². The molecule has 1 fully saturated rings. The first-order chi connectivity index (χ1) is 9.76. The summed E-state index contributed by atoms with van der Waals surface area (Å²) in [5, 5.41) is 3.50. The topological polar surface area (TPSA) is 47.0 Å². The van der Waals surface area contributed by atoms with E-state index >= 15 is 0 Å². The van der Waals surface area contributed by atoms with Crippen LogP contribution in [0.2, 0.25) is 0 Å². The van der Waals surface area contributed by atoms with Crippen LogP contribution in [0, 0.1) is 0 Å². The van der Waals surface area contributed by atoms with E-state index < -0.39 is 0 Å². The van der Waals surface area contributed by atoms with Crippen molar-refractivity contribution in [2.45, 2.75) is 38.1 Å². The highest BCUT2D eigenvalue weighted by molar-refractivity contribution is 9.10. The van der Waals surface area contributed by atoms with Gasteiger partial charge in [0, 0.05) is 12.1 Å². The van der Waals surface area contributed by atoms with E-state index in [0.29, 0.717) is 6.04 Å². The predicted molar refractivity (Wildman–Crippen MR) is 84.3 cm³/mol. The largest absolute Gasteiger partial charge is 0.495 e. The van der Waals surface area contributed by atoms with Crippen LogP contribution in [-0.4, -0.2) is 23.1 Å². The molecule has 1 saturated carbocycles. The zero-order valence-corrected chi connectivity index (χ0v) is 13.1. The van der Waals surface area contributed by atoms with Gasteiger partial charge in [-0.25, -0.2) is 4.98 Å². The number of halogens is 1. The Bertz CT molecular complexity index is 611. The number of fused-ring (bicyclic) bond motifs is 1. The quantitative estimate of drug-likeness (QED) is 0.915. The Morgan fingerprint density at radius 3 is 2.75 bits per heavy atom. The summed E-state index contributed by atoms with van der Waals surface area (Å²) in [7, 11) is 1.65. The number of methoxy groups -OCH3 is 1. The summed E-state index contributed by atoms with van der Waals surface area (Å²) in [6, 6.07) is 4.39. The fourth-order valence-corrected chi connectivity index (χ4v) is 3.19. The maximum Gasteiger partial charge on any atom is 0.145 e. The second-order valence-corrected chi connectivity index (χ2v) is 6.06. The number of aromatic nitrogens is 2. The number of benzene rings is 1. The number of rotatable bonds is 3. The van der Waals surface area contributed by atoms with E-state index in [1.165, 1.54) is 32.1 Å². The van der Waals surface area contributed by atoms with E-state index in [4.69, 9.17) is 4.74 Å². The smallest absolute Gasteiger partial charge is 0.145 e. The molecular weight excluding hydrogens is 318 g/mol. The van der Waals surface area contributed by atoms with Crippen molar-refractivity contribution in [1.29, 1.82) is 0 Å². The highest BCUT2D eigenvalue weighted by atomic mass is 79.9. The van der Waals surface area contributed by atoms with Crippen molar-refractivity contribution in [3.05, 3.63) is 22.8 Å². The summed E-state index contributed by atoms with van der Waals surface area (Å²) in [5.41, 5.74) is 1.72. The van der Waals surface area contributed by atoms with E-state index in [1.54, 1.807) is 7.11 Å². The monoisotopic (exact) mass is 335 g/mol. The number of nitrogens with one attached hydrogen (secondary N) is 1. The van der Waals surface area contributed by atoms with Gasteiger partial charge in [-0.05, 0) is 34.8 Å². The SMILES string of the molecule is COc1cc2ncc(NC3CCCCC3)nc2cc1Br. The third-order valence-corrected chi connectivity index (χ3v) is 4.39. The number of ether oxygens (including phenoxy) is 1. The van der Waals surface area contributed by atoms with Crippen molar-refractivity contribution in [3.63, 3.8) is 0 Å². The number of hydrogen-bond donors (Lipinski definition) is 1. The first kappa shape index (κ1) is 13.6. The van der Waals surface area contributed by atoms with Crippen LogP contribution in [-0.2, 0) is 0 Å². The molecule has 0 bridgehead atoms. The minimum Gasteiger partial charge on any atom is -0.495 e. The molecule has 1 heterocycles. The normalized spacial score (nSPS) is 16.3. The van der Waals surface area contributed by atoms with Gasteiger partial charge in [0.2, 0.25) is 0 Å². The molecule has 1 N–H and O–H groups in total. The van der Waals surface area contributed by atoms with Crippen molar-refractivity contribution >= 4 is 32.8 Å². The molecule has 20 heavy (non-hydrogen) atoms. The van der Waals surface area contributed by atoms with Crippen LogP contribution < -0.4 is 10.1 Å². The van der Waals surface area contributed by atoms with Crippen LogP contribution in [0.25, 0.3) is 11.0 Å². The summed E-state index contributed by atoms with van der Waals surface area (Å²) >= 11 is 3.49. The van der Waals surface area contributed by atoms with Crippen LogP contribution >= 0.6 is 15.9 Å². The average Bonchev–Trinajstić information content (AvgIpc) is 2.47. The van der Waals surface area contributed by atoms with Crippen LogP contribution in [0.15, 0.2) is 22.8 Å². The summed E-state index contributed by atoms with van der Waals surface area (Å²) in [6.07, 6.45) is 8.24. The highest BCUT2D eigenvalue weighted by Crippen LogP contribution is 2.29. The molecule has 2 aromatic rings. The molecule has 0 atom stereocenters. The van der Waals surface area contributed by atoms with Gasteiger partial charge >= 0.3 is 0 Å². The molecule has 1 aromatic carbocycles. The molecule has 0 aliphatic heterocycles. The van der Waals surface area contributed by atoms with Gasteiger partial charge in [-0.2, -0.15) is 0 Å². The summed E-state index contributed by atoms with van der Waals surface area (Å²) in [4.78, 5) is 9.12. The lowest BCUT2D eigenvalue weighted by atomic mass is 9.95. The maximum absolute atomic E-state index is 5.27. The van der Waals surface area contributed by atoms with Gasteiger partial charge < -0.3 is 10.1 Å². The second-order valence-electron chi connectivity index (χ2n) is 5.21. The summed E-state index contributed by atoms with van der Waals surface area (Å²) < 4.78 is 6.17. The van der Waals surface area contributed by atoms with Gasteiger partial charge in [0.25, 0.3) is 0 Å². The Kier molecular flexibility index (Phi) is 4.05. The molecule has 3 rings (SSSR count). The van der Waals surface area contributed by atoms with E-state index in [2.05, 4.69) is 31.2 Å². The molecule has 5 heteroatoms. The van der Waals surface area contributed by atoms with E-state index in [1.807, 2.05) is 18.3 Å². The molecule has 1 aliphatic rings. The third kappa shape index (κ3) is 2.87. The van der Waals surface area contributed by atoms with E-state index in [0.717, 1.165) is 27.1 Å². The Hall–Kier alpha value is -1.36. The number of hydrogen-bond acceptors (Lipinski definition) is 4. The molecule has 4 nitrogen and oxygen atoms in total. The molecule has 0 radical (unpaired) electrons. The van der Waals surface area contributed by atoms with Gasteiger partial charge in [0.05, 0.1) is 28.8 Å².